The molecule has 0 unspecified atom stereocenters. The smallest absolute Gasteiger partial charge is 0.257 e. The van der Waals surface area contributed by atoms with Gasteiger partial charge in [-0.3, -0.25) is 14.6 Å². The standard InChI is InChI=1S/C19H16ClN3O2/c20-15-10-21-8-5-13(15)17(24)22-11-1-4-14-16(9-11)23(12-2-3-12)18(25)19(14)6-7-19/h1,4-5,8-10,12H,2-3,6-7H2,(H,22,24). The van der Waals surface area contributed by atoms with Crippen molar-refractivity contribution in [2.45, 2.75) is 37.1 Å². The van der Waals surface area contributed by atoms with Crippen LogP contribution >= 0.6 is 11.6 Å². The number of anilines is 2. The first-order chi connectivity index (χ1) is 12.1. The molecule has 2 fully saturated rings. The van der Waals surface area contributed by atoms with Gasteiger partial charge in [-0.25, -0.2) is 0 Å². The number of nitrogens with one attached hydrogen (secondary N) is 1. The highest BCUT2D eigenvalue weighted by molar-refractivity contribution is 6.34. The molecule has 2 aliphatic carbocycles. The summed E-state index contributed by atoms with van der Waals surface area (Å²) >= 11 is 6.04. The maximum Gasteiger partial charge on any atom is 0.257 e. The highest BCUT2D eigenvalue weighted by Gasteiger charge is 2.61. The molecule has 2 aromatic rings. The van der Waals surface area contributed by atoms with E-state index in [-0.39, 0.29) is 17.2 Å². The lowest BCUT2D eigenvalue weighted by molar-refractivity contribution is -0.120. The average Bonchev–Trinajstić information content (AvgIpc) is 3.50. The summed E-state index contributed by atoms with van der Waals surface area (Å²) < 4.78 is 0. The Morgan fingerprint density at radius 1 is 1.28 bits per heavy atom. The Kier molecular flexibility index (Phi) is 3.01. The fourth-order valence-electron chi connectivity index (χ4n) is 3.73. The summed E-state index contributed by atoms with van der Waals surface area (Å²) in [6, 6.07) is 7.70. The Bertz CT molecular complexity index is 919. The summed E-state index contributed by atoms with van der Waals surface area (Å²) in [5.74, 6) is -0.0403. The zero-order valence-corrected chi connectivity index (χ0v) is 14.2. The Labute approximate surface area is 150 Å². The minimum absolute atomic E-state index is 0.241. The molecule has 1 aromatic carbocycles. The monoisotopic (exact) mass is 353 g/mol. The fourth-order valence-corrected chi connectivity index (χ4v) is 3.93. The number of halogens is 1. The van der Waals surface area contributed by atoms with Crippen LogP contribution < -0.4 is 10.2 Å². The number of hydrogen-bond acceptors (Lipinski definition) is 3. The molecule has 2 heterocycles. The van der Waals surface area contributed by atoms with E-state index in [2.05, 4.69) is 10.3 Å². The quantitative estimate of drug-likeness (QED) is 0.918. The van der Waals surface area contributed by atoms with Gasteiger partial charge >= 0.3 is 0 Å². The normalized spacial score (nSPS) is 19.9. The lowest BCUT2D eigenvalue weighted by Crippen LogP contribution is -2.33. The van der Waals surface area contributed by atoms with Gasteiger partial charge in [0.05, 0.1) is 21.7 Å². The minimum atomic E-state index is -0.283. The molecule has 25 heavy (non-hydrogen) atoms. The number of fused-ring (bicyclic) bond motifs is 2. The van der Waals surface area contributed by atoms with Crippen molar-refractivity contribution in [1.82, 2.24) is 4.98 Å². The molecule has 1 aromatic heterocycles. The van der Waals surface area contributed by atoms with Gasteiger partial charge in [-0.2, -0.15) is 0 Å². The van der Waals surface area contributed by atoms with Crippen LogP contribution in [0.3, 0.4) is 0 Å². The van der Waals surface area contributed by atoms with Crippen molar-refractivity contribution in [2.75, 3.05) is 10.2 Å². The largest absolute Gasteiger partial charge is 0.322 e. The van der Waals surface area contributed by atoms with Crippen molar-refractivity contribution in [3.8, 4) is 0 Å². The number of carbonyl (C=O) groups excluding carboxylic acids is 2. The van der Waals surface area contributed by atoms with Crippen molar-refractivity contribution in [2.24, 2.45) is 0 Å². The van der Waals surface area contributed by atoms with Crippen LogP contribution in [0.1, 0.15) is 41.6 Å². The SMILES string of the molecule is O=C(Nc1ccc2c(c1)N(C1CC1)C(=O)C21CC1)c1ccncc1Cl. The van der Waals surface area contributed by atoms with Gasteiger partial charge in [0.2, 0.25) is 5.91 Å². The van der Waals surface area contributed by atoms with Crippen LogP contribution in [0.15, 0.2) is 36.7 Å². The molecule has 5 rings (SSSR count). The summed E-state index contributed by atoms with van der Waals surface area (Å²) in [5.41, 5.74) is 2.85. The Morgan fingerprint density at radius 3 is 2.76 bits per heavy atom. The van der Waals surface area contributed by atoms with E-state index >= 15 is 0 Å². The summed E-state index contributed by atoms with van der Waals surface area (Å²) in [5, 5.41) is 3.19. The maximum absolute atomic E-state index is 12.8. The van der Waals surface area contributed by atoms with Crippen LogP contribution in [0.5, 0.6) is 0 Å². The highest BCUT2D eigenvalue weighted by atomic mass is 35.5. The van der Waals surface area contributed by atoms with Gasteiger partial charge < -0.3 is 10.2 Å². The first-order valence-electron chi connectivity index (χ1n) is 8.49. The van der Waals surface area contributed by atoms with E-state index in [9.17, 15) is 9.59 Å². The van der Waals surface area contributed by atoms with E-state index in [1.165, 1.54) is 12.4 Å². The van der Waals surface area contributed by atoms with Crippen molar-refractivity contribution in [3.63, 3.8) is 0 Å². The summed E-state index contributed by atoms with van der Waals surface area (Å²) in [6.07, 6.45) is 6.97. The van der Waals surface area contributed by atoms with E-state index in [0.29, 0.717) is 22.3 Å². The second-order valence-electron chi connectivity index (χ2n) is 7.03. The predicted octanol–water partition coefficient (Wildman–Crippen LogP) is 3.53. The number of pyridine rings is 1. The van der Waals surface area contributed by atoms with E-state index in [1.54, 1.807) is 6.07 Å². The first-order valence-corrected chi connectivity index (χ1v) is 8.87. The minimum Gasteiger partial charge on any atom is -0.322 e. The Hall–Kier alpha value is -2.40. The lowest BCUT2D eigenvalue weighted by Gasteiger charge is -2.17. The van der Waals surface area contributed by atoms with Crippen LogP contribution in [0.2, 0.25) is 5.02 Å². The third-order valence-electron chi connectivity index (χ3n) is 5.34. The number of rotatable bonds is 3. The fraction of sp³-hybridized carbons (Fsp3) is 0.316. The summed E-state index contributed by atoms with van der Waals surface area (Å²) in [6.45, 7) is 0. The molecule has 2 amide bonds. The molecule has 1 aliphatic heterocycles. The topological polar surface area (TPSA) is 62.3 Å². The summed E-state index contributed by atoms with van der Waals surface area (Å²) in [4.78, 5) is 31.2. The average molecular weight is 354 g/mol. The van der Waals surface area contributed by atoms with Gasteiger partial charge in [-0.1, -0.05) is 17.7 Å². The van der Waals surface area contributed by atoms with Crippen molar-refractivity contribution in [1.29, 1.82) is 0 Å². The van der Waals surface area contributed by atoms with Crippen LogP contribution in [-0.2, 0) is 10.2 Å². The first kappa shape index (κ1) is 14.9. The molecule has 0 bridgehead atoms. The molecule has 6 heteroatoms. The molecule has 1 spiro atoms. The molecule has 0 radical (unpaired) electrons. The molecule has 1 N–H and O–H groups in total. The highest BCUT2D eigenvalue weighted by Crippen LogP contribution is 2.59. The Morgan fingerprint density at radius 2 is 2.08 bits per heavy atom. The van der Waals surface area contributed by atoms with Crippen molar-refractivity contribution in [3.05, 3.63) is 52.8 Å². The predicted molar refractivity (Wildman–Crippen MR) is 95.1 cm³/mol. The molecule has 0 saturated heterocycles. The zero-order valence-electron chi connectivity index (χ0n) is 13.5. The number of carbonyl (C=O) groups is 2. The number of benzene rings is 1. The maximum atomic E-state index is 12.8. The lowest BCUT2D eigenvalue weighted by atomic mass is 9.97. The molecule has 2 saturated carbocycles. The molecular weight excluding hydrogens is 338 g/mol. The number of aromatic nitrogens is 1. The molecule has 5 nitrogen and oxygen atoms in total. The Balaban J connectivity index is 1.48. The van der Waals surface area contributed by atoms with Gasteiger partial charge in [0.15, 0.2) is 0 Å². The molecule has 3 aliphatic rings. The van der Waals surface area contributed by atoms with E-state index in [1.807, 2.05) is 23.1 Å². The summed E-state index contributed by atoms with van der Waals surface area (Å²) in [7, 11) is 0. The second kappa shape index (κ2) is 5.05. The van der Waals surface area contributed by atoms with Crippen LogP contribution in [0.25, 0.3) is 0 Å². The zero-order chi connectivity index (χ0) is 17.2. The van der Waals surface area contributed by atoms with Crippen LogP contribution in [-0.4, -0.2) is 22.8 Å². The van der Waals surface area contributed by atoms with E-state index in [4.69, 9.17) is 11.6 Å². The number of nitrogens with zero attached hydrogens (tertiary/aromatic N) is 2. The third kappa shape index (κ3) is 2.19. The third-order valence-corrected chi connectivity index (χ3v) is 5.64. The second-order valence-corrected chi connectivity index (χ2v) is 7.44. The molecule has 0 atom stereocenters. The van der Waals surface area contributed by atoms with Crippen LogP contribution in [0.4, 0.5) is 11.4 Å². The van der Waals surface area contributed by atoms with Crippen molar-refractivity contribution < 1.29 is 9.59 Å². The molecular formula is C19H16ClN3O2. The van der Waals surface area contributed by atoms with E-state index in [0.717, 1.165) is 36.9 Å². The van der Waals surface area contributed by atoms with Gasteiger partial charge in [0.1, 0.15) is 0 Å². The molecule has 126 valence electrons. The number of amides is 2. The van der Waals surface area contributed by atoms with Gasteiger partial charge in [0, 0.05) is 24.1 Å². The van der Waals surface area contributed by atoms with E-state index < -0.39 is 0 Å². The van der Waals surface area contributed by atoms with Crippen LogP contribution in [0, 0.1) is 0 Å². The van der Waals surface area contributed by atoms with Gasteiger partial charge in [-0.15, -0.1) is 0 Å². The van der Waals surface area contributed by atoms with Gasteiger partial charge in [0.25, 0.3) is 5.91 Å². The van der Waals surface area contributed by atoms with Crippen molar-refractivity contribution >= 4 is 34.8 Å². The number of hydrogen-bond donors (Lipinski definition) is 1. The van der Waals surface area contributed by atoms with Gasteiger partial charge in [-0.05, 0) is 49.4 Å².